The van der Waals surface area contributed by atoms with E-state index in [-0.39, 0.29) is 0 Å². The van der Waals surface area contributed by atoms with Crippen LogP contribution in [0.15, 0.2) is 24.3 Å². The number of hydrogen-bond acceptors (Lipinski definition) is 2. The fourth-order valence-corrected chi connectivity index (χ4v) is 3.56. The van der Waals surface area contributed by atoms with E-state index in [1.165, 1.54) is 0 Å². The molecule has 0 aliphatic heterocycles. The average Bonchev–Trinajstić information content (AvgIpc) is 2.26. The van der Waals surface area contributed by atoms with E-state index in [1.54, 1.807) is 49.7 Å². The molecule has 6 heteroatoms. The molecule has 4 nitrogen and oxygen atoms in total. The maximum absolute atomic E-state index is 12.0. The first-order valence-electron chi connectivity index (χ1n) is 4.83. The number of rotatable bonds is 4. The highest BCUT2D eigenvalue weighted by Gasteiger charge is 2.38. The van der Waals surface area contributed by atoms with E-state index in [4.69, 9.17) is 0 Å². The van der Waals surface area contributed by atoms with Gasteiger partial charge in [-0.15, -0.1) is 0 Å². The molecule has 0 saturated heterocycles. The van der Waals surface area contributed by atoms with Crippen LogP contribution in [0.4, 0.5) is 0 Å². The van der Waals surface area contributed by atoms with Crippen LogP contribution in [0.5, 0.6) is 0 Å². The van der Waals surface area contributed by atoms with E-state index < -0.39 is 15.9 Å². The molecule has 0 amide bonds. The van der Waals surface area contributed by atoms with Crippen LogP contribution in [0.25, 0.3) is 0 Å². The van der Waals surface area contributed by atoms with Crippen LogP contribution in [0.2, 0.25) is 0 Å². The van der Waals surface area contributed by atoms with Crippen molar-refractivity contribution in [2.75, 3.05) is 28.2 Å². The minimum absolute atomic E-state index is 0.650. The van der Waals surface area contributed by atoms with Crippen molar-refractivity contribution in [2.24, 2.45) is 0 Å². The third kappa shape index (κ3) is 2.93. The van der Waals surface area contributed by atoms with Gasteiger partial charge < -0.3 is 0 Å². The second kappa shape index (κ2) is 5.60. The van der Waals surface area contributed by atoms with Crippen LogP contribution >= 0.6 is 15.9 Å². The van der Waals surface area contributed by atoms with Gasteiger partial charge in [0.05, 0.1) is 0 Å². The molecular weight excluding hydrogens is 242 g/mol. The van der Waals surface area contributed by atoms with Gasteiger partial charge in [-0.1, -0.05) is 21.5 Å². The molecule has 0 heterocycles. The molecule has 86 valence electrons. The Labute approximate surface area is 97.9 Å². The van der Waals surface area contributed by atoms with Crippen molar-refractivity contribution < 1.29 is 9.13 Å². The molecule has 0 spiro atoms. The molecule has 0 aliphatic carbocycles. The van der Waals surface area contributed by atoms with E-state index in [9.17, 15) is 9.13 Å². The summed E-state index contributed by atoms with van der Waals surface area (Å²) in [6, 6.07) is 7.17. The van der Waals surface area contributed by atoms with Crippen LogP contribution < -0.4 is 10.6 Å². The molecule has 1 aromatic rings. The topological polar surface area (TPSA) is 40.6 Å². The molecule has 1 aromatic carbocycles. The normalized spacial score (nSPS) is 13.1. The van der Waals surface area contributed by atoms with Crippen molar-refractivity contribution in [1.82, 2.24) is 9.34 Å². The Bertz CT molecular complexity index is 380. The van der Waals surface area contributed by atoms with Gasteiger partial charge in [-0.3, -0.25) is 0 Å². The molecule has 0 radical (unpaired) electrons. The standard InChI is InChI=1S/C10H16N2O2P2/c1-11(2)15(13)9-7-5-6-8-10(9)16(14)12(3)4/h5-8H,1-4H3/q+2. The first-order valence-corrected chi connectivity index (χ1v) is 7.25. The van der Waals surface area contributed by atoms with Crippen LogP contribution in [-0.4, -0.2) is 37.5 Å². The summed E-state index contributed by atoms with van der Waals surface area (Å²) in [4.78, 5) is 0. The predicted octanol–water partition coefficient (Wildman–Crippen LogP) is 1.55. The second-order valence-corrected chi connectivity index (χ2v) is 7.38. The highest BCUT2D eigenvalue weighted by molar-refractivity contribution is 7.58. The van der Waals surface area contributed by atoms with Gasteiger partial charge in [0, 0.05) is 28.2 Å². The molecule has 0 bridgehead atoms. The maximum Gasteiger partial charge on any atom is 0.478 e. The van der Waals surface area contributed by atoms with Gasteiger partial charge in [0.2, 0.25) is 0 Å². The Morgan fingerprint density at radius 1 is 0.812 bits per heavy atom. The van der Waals surface area contributed by atoms with Crippen LogP contribution in [0.1, 0.15) is 0 Å². The molecule has 2 atom stereocenters. The van der Waals surface area contributed by atoms with E-state index in [2.05, 4.69) is 0 Å². The first kappa shape index (κ1) is 13.4. The molecule has 0 aromatic heterocycles. The average molecular weight is 258 g/mol. The van der Waals surface area contributed by atoms with Gasteiger partial charge >= 0.3 is 15.9 Å². The maximum atomic E-state index is 12.0. The third-order valence-electron chi connectivity index (χ3n) is 2.02. The summed E-state index contributed by atoms with van der Waals surface area (Å²) in [6.07, 6.45) is 0. The Morgan fingerprint density at radius 2 is 1.12 bits per heavy atom. The minimum Gasteiger partial charge on any atom is -0.0978 e. The molecular formula is C10H16N2O2P2+2. The summed E-state index contributed by atoms with van der Waals surface area (Å²) >= 11 is 0. The molecule has 1 rings (SSSR count). The fourth-order valence-electron chi connectivity index (χ4n) is 1.22. The van der Waals surface area contributed by atoms with E-state index in [0.29, 0.717) is 10.6 Å². The van der Waals surface area contributed by atoms with Crippen molar-refractivity contribution in [3.05, 3.63) is 24.3 Å². The van der Waals surface area contributed by atoms with Crippen LogP contribution in [0, 0.1) is 0 Å². The van der Waals surface area contributed by atoms with Gasteiger partial charge in [0.15, 0.2) is 0 Å². The summed E-state index contributed by atoms with van der Waals surface area (Å²) in [5, 5.41) is 1.30. The summed E-state index contributed by atoms with van der Waals surface area (Å²) in [6.45, 7) is 0. The van der Waals surface area contributed by atoms with E-state index in [0.717, 1.165) is 0 Å². The lowest BCUT2D eigenvalue weighted by Gasteiger charge is -1.98. The summed E-state index contributed by atoms with van der Waals surface area (Å²) in [5.74, 6) is 0. The monoisotopic (exact) mass is 258 g/mol. The lowest BCUT2D eigenvalue weighted by atomic mass is 10.4. The largest absolute Gasteiger partial charge is 0.478 e. The van der Waals surface area contributed by atoms with Crippen LogP contribution in [0.3, 0.4) is 0 Å². The van der Waals surface area contributed by atoms with Crippen molar-refractivity contribution >= 4 is 26.5 Å². The Balaban J connectivity index is 3.20. The Hall–Kier alpha value is -0.660. The number of nitrogens with zero attached hydrogens (tertiary/aromatic N) is 2. The van der Waals surface area contributed by atoms with Gasteiger partial charge in [-0.25, -0.2) is 0 Å². The summed E-state index contributed by atoms with van der Waals surface area (Å²) in [7, 11) is 3.71. The summed E-state index contributed by atoms with van der Waals surface area (Å²) in [5.41, 5.74) is 0. The highest BCUT2D eigenvalue weighted by atomic mass is 31.1. The third-order valence-corrected chi connectivity index (χ3v) is 5.25. The summed E-state index contributed by atoms with van der Waals surface area (Å²) < 4.78 is 27.3. The van der Waals surface area contributed by atoms with Gasteiger partial charge in [-0.2, -0.15) is 0 Å². The van der Waals surface area contributed by atoms with Gasteiger partial charge in [0.1, 0.15) is 0 Å². The molecule has 0 aliphatic rings. The molecule has 0 fully saturated rings. The lowest BCUT2D eigenvalue weighted by Crippen LogP contribution is -2.25. The van der Waals surface area contributed by atoms with Crippen LogP contribution in [-0.2, 0) is 9.13 Å². The van der Waals surface area contributed by atoms with Crippen molar-refractivity contribution in [3.8, 4) is 0 Å². The van der Waals surface area contributed by atoms with Crippen molar-refractivity contribution in [3.63, 3.8) is 0 Å². The smallest absolute Gasteiger partial charge is 0.0978 e. The first-order chi connectivity index (χ1) is 7.45. The van der Waals surface area contributed by atoms with Gasteiger partial charge in [0.25, 0.3) is 10.6 Å². The highest BCUT2D eigenvalue weighted by Crippen LogP contribution is 2.28. The predicted molar refractivity (Wildman–Crippen MR) is 68.3 cm³/mol. The quantitative estimate of drug-likeness (QED) is 0.768. The van der Waals surface area contributed by atoms with Crippen molar-refractivity contribution in [1.29, 1.82) is 0 Å². The SMILES string of the molecule is CN(C)[P+](=O)c1ccccc1[P+](=O)N(C)C. The minimum atomic E-state index is -1.64. The number of hydrogen-bond donors (Lipinski definition) is 0. The molecule has 16 heavy (non-hydrogen) atoms. The zero-order chi connectivity index (χ0) is 12.3. The molecule has 0 saturated carbocycles. The lowest BCUT2D eigenvalue weighted by molar-refractivity contribution is 0.540. The zero-order valence-electron chi connectivity index (χ0n) is 9.91. The van der Waals surface area contributed by atoms with E-state index in [1.807, 2.05) is 12.1 Å². The fraction of sp³-hybridized carbons (Fsp3) is 0.400. The zero-order valence-corrected chi connectivity index (χ0v) is 11.7. The van der Waals surface area contributed by atoms with E-state index >= 15 is 0 Å². The molecule has 0 N–H and O–H groups in total. The van der Waals surface area contributed by atoms with Gasteiger partial charge in [-0.05, 0) is 21.3 Å². The van der Waals surface area contributed by atoms with Crippen molar-refractivity contribution in [2.45, 2.75) is 0 Å². The molecule has 2 unspecified atom stereocenters. The Kier molecular flexibility index (Phi) is 4.69. The Morgan fingerprint density at radius 3 is 1.38 bits per heavy atom. The number of benzene rings is 1. The second-order valence-electron chi connectivity index (χ2n) is 3.73.